The molecule has 5 atom stereocenters. The molecule has 4 aromatic rings. The molecule has 46 heavy (non-hydrogen) atoms. The van der Waals surface area contributed by atoms with E-state index in [9.17, 15) is 9.90 Å². The third kappa shape index (κ3) is 8.90. The van der Waals surface area contributed by atoms with Crippen LogP contribution in [0.4, 0.5) is 0 Å². The number of aliphatic hydroxyl groups excluding tert-OH is 1. The van der Waals surface area contributed by atoms with Crippen molar-refractivity contribution >= 4 is 22.6 Å². The van der Waals surface area contributed by atoms with Crippen molar-refractivity contribution in [1.82, 2.24) is 5.32 Å². The van der Waals surface area contributed by atoms with Crippen molar-refractivity contribution < 1.29 is 28.8 Å². The van der Waals surface area contributed by atoms with Crippen molar-refractivity contribution in [3.8, 4) is 11.1 Å². The van der Waals surface area contributed by atoms with Gasteiger partial charge in [-0.25, -0.2) is 0 Å². The van der Waals surface area contributed by atoms with Gasteiger partial charge in [-0.1, -0.05) is 91.0 Å². The lowest BCUT2D eigenvalue weighted by Crippen LogP contribution is -2.65. The Morgan fingerprint density at radius 3 is 2.28 bits per heavy atom. The largest absolute Gasteiger partial charge is 0.388 e. The molecule has 1 fully saturated rings. The highest BCUT2D eigenvalue weighted by atomic mass is 16.7. The minimum absolute atomic E-state index is 0.0270. The Labute approximate surface area is 269 Å². The second-order valence-electron chi connectivity index (χ2n) is 11.3. The summed E-state index contributed by atoms with van der Waals surface area (Å²) in [7, 11) is 1.54. The molecule has 10 heteroatoms. The molecule has 1 heterocycles. The van der Waals surface area contributed by atoms with Gasteiger partial charge >= 0.3 is 0 Å². The molecule has 1 amide bonds. The highest BCUT2D eigenvalue weighted by Gasteiger charge is 2.47. The minimum Gasteiger partial charge on any atom is -0.388 e. The quantitative estimate of drug-likeness (QED) is 0.0936. The molecule has 0 saturated carbocycles. The molecule has 1 saturated heterocycles. The molecule has 6 N–H and O–H groups in total. The number of aliphatic imine (C=N–C) groups is 1. The molecular formula is C36H42N4O6. The van der Waals surface area contributed by atoms with Gasteiger partial charge in [0.1, 0.15) is 24.4 Å². The average Bonchev–Trinajstić information content (AvgIpc) is 3.07. The summed E-state index contributed by atoms with van der Waals surface area (Å²) in [5.74, 6) is -0.294. The molecule has 0 bridgehead atoms. The topological polar surface area (TPSA) is 151 Å². The van der Waals surface area contributed by atoms with Crippen molar-refractivity contribution in [2.24, 2.45) is 16.5 Å². The number of ether oxygens (including phenoxy) is 4. The van der Waals surface area contributed by atoms with Crippen LogP contribution in [-0.2, 0) is 37.0 Å². The van der Waals surface area contributed by atoms with Crippen LogP contribution in [0.15, 0.2) is 102 Å². The average molecular weight is 627 g/mol. The Kier molecular flexibility index (Phi) is 11.7. The predicted molar refractivity (Wildman–Crippen MR) is 178 cm³/mol. The fourth-order valence-corrected chi connectivity index (χ4v) is 5.54. The van der Waals surface area contributed by atoms with Gasteiger partial charge < -0.3 is 40.8 Å². The van der Waals surface area contributed by atoms with Gasteiger partial charge in [0, 0.05) is 20.1 Å². The van der Waals surface area contributed by atoms with Crippen LogP contribution >= 0.6 is 0 Å². The zero-order chi connectivity index (χ0) is 32.3. The zero-order valence-corrected chi connectivity index (χ0v) is 26.0. The first kappa shape index (κ1) is 33.1. The van der Waals surface area contributed by atoms with Crippen LogP contribution in [-0.4, -0.2) is 67.9 Å². The molecule has 1 aliphatic rings. The van der Waals surface area contributed by atoms with E-state index in [0.717, 1.165) is 33.0 Å². The normalized spacial score (nSPS) is 21.1. The minimum atomic E-state index is -1.10. The van der Waals surface area contributed by atoms with Gasteiger partial charge in [-0.15, -0.1) is 0 Å². The molecule has 0 aromatic heterocycles. The zero-order valence-electron chi connectivity index (χ0n) is 26.0. The van der Waals surface area contributed by atoms with E-state index >= 15 is 0 Å². The van der Waals surface area contributed by atoms with E-state index in [2.05, 4.69) is 28.5 Å². The van der Waals surface area contributed by atoms with Crippen LogP contribution in [0.5, 0.6) is 0 Å². The van der Waals surface area contributed by atoms with Gasteiger partial charge in [0.15, 0.2) is 12.2 Å². The molecule has 0 spiro atoms. The molecule has 10 nitrogen and oxygen atoms in total. The Morgan fingerprint density at radius 2 is 1.54 bits per heavy atom. The number of nitrogens with zero attached hydrogens (tertiary/aromatic N) is 1. The standard InChI is InChI=1S/C36H42N4O6/c1-43-23-30-33(42)34(44-22-25-15-18-27-10-5-6-11-29(27)20-25)32(40-31(41)12-7-19-39-36(37)38)35(46-30)45-21-24-13-16-28(17-14-24)26-8-3-2-4-9-26/h2-6,8-11,13-18,20,30,32-35,42H,7,12,19,21-23H2,1H3,(H,40,41)(H4,37,38,39)/t30-,32-,33-,34-,35?/m1/s1. The molecule has 5 rings (SSSR count). The van der Waals surface area contributed by atoms with E-state index in [-0.39, 0.29) is 38.1 Å². The molecule has 0 radical (unpaired) electrons. The van der Waals surface area contributed by atoms with Crippen molar-refractivity contribution in [3.05, 3.63) is 108 Å². The maximum atomic E-state index is 13.1. The SMILES string of the molecule is COC[C@H]1OC(OCc2ccc(-c3ccccc3)cc2)[C@H](NC(=O)CCCN=C(N)N)[C@@H](OCc2ccc3ccccc3c2)[C@@H]1O. The number of guanidine groups is 1. The molecule has 1 unspecified atom stereocenters. The molecule has 4 aromatic carbocycles. The van der Waals surface area contributed by atoms with Gasteiger partial charge in [-0.05, 0) is 45.5 Å². The number of nitrogens with one attached hydrogen (secondary N) is 1. The number of hydrogen-bond acceptors (Lipinski definition) is 7. The Balaban J connectivity index is 1.34. The number of methoxy groups -OCH3 is 1. The second kappa shape index (κ2) is 16.3. The van der Waals surface area contributed by atoms with Gasteiger partial charge in [0.25, 0.3) is 0 Å². The number of nitrogens with two attached hydrogens (primary N) is 2. The van der Waals surface area contributed by atoms with E-state index < -0.39 is 30.6 Å². The van der Waals surface area contributed by atoms with Gasteiger partial charge in [0.05, 0.1) is 19.8 Å². The van der Waals surface area contributed by atoms with Crippen molar-refractivity contribution in [2.45, 2.75) is 56.7 Å². The van der Waals surface area contributed by atoms with Crippen LogP contribution in [0.1, 0.15) is 24.0 Å². The first-order valence-corrected chi connectivity index (χ1v) is 15.4. The highest BCUT2D eigenvalue weighted by molar-refractivity contribution is 5.83. The van der Waals surface area contributed by atoms with E-state index in [1.165, 1.54) is 7.11 Å². The molecule has 0 aliphatic carbocycles. The number of fused-ring (bicyclic) bond motifs is 1. The maximum absolute atomic E-state index is 13.1. The van der Waals surface area contributed by atoms with Crippen molar-refractivity contribution in [1.29, 1.82) is 0 Å². The monoisotopic (exact) mass is 626 g/mol. The van der Waals surface area contributed by atoms with E-state index in [0.29, 0.717) is 13.0 Å². The lowest BCUT2D eigenvalue weighted by molar-refractivity contribution is -0.282. The Bertz CT molecular complexity index is 1580. The Morgan fingerprint density at radius 1 is 0.870 bits per heavy atom. The number of carbonyl (C=O) groups is 1. The van der Waals surface area contributed by atoms with Gasteiger partial charge in [-0.3, -0.25) is 9.79 Å². The fraction of sp³-hybridized carbons (Fsp3) is 0.333. The van der Waals surface area contributed by atoms with Crippen LogP contribution in [0, 0.1) is 0 Å². The van der Waals surface area contributed by atoms with E-state index in [1.54, 1.807) is 0 Å². The van der Waals surface area contributed by atoms with Crippen LogP contribution < -0.4 is 16.8 Å². The summed E-state index contributed by atoms with van der Waals surface area (Å²) >= 11 is 0. The second-order valence-corrected chi connectivity index (χ2v) is 11.3. The lowest BCUT2D eigenvalue weighted by atomic mass is 9.96. The summed E-state index contributed by atoms with van der Waals surface area (Å²) in [4.78, 5) is 17.1. The fourth-order valence-electron chi connectivity index (χ4n) is 5.54. The Hall–Kier alpha value is -4.32. The first-order valence-electron chi connectivity index (χ1n) is 15.4. The van der Waals surface area contributed by atoms with Crippen molar-refractivity contribution in [2.75, 3.05) is 20.3 Å². The smallest absolute Gasteiger partial charge is 0.220 e. The summed E-state index contributed by atoms with van der Waals surface area (Å²) < 4.78 is 24.3. The highest BCUT2D eigenvalue weighted by Crippen LogP contribution is 2.28. The maximum Gasteiger partial charge on any atom is 0.220 e. The van der Waals surface area contributed by atoms with Gasteiger partial charge in [0.2, 0.25) is 5.91 Å². The van der Waals surface area contributed by atoms with Crippen LogP contribution in [0.25, 0.3) is 21.9 Å². The van der Waals surface area contributed by atoms with Gasteiger partial charge in [-0.2, -0.15) is 0 Å². The number of rotatable bonds is 14. The molecule has 1 aliphatic heterocycles. The number of aliphatic hydroxyl groups is 1. The third-order valence-electron chi connectivity index (χ3n) is 7.92. The van der Waals surface area contributed by atoms with Crippen molar-refractivity contribution in [3.63, 3.8) is 0 Å². The van der Waals surface area contributed by atoms with E-state index in [1.807, 2.05) is 78.9 Å². The van der Waals surface area contributed by atoms with E-state index in [4.69, 9.17) is 30.4 Å². The van der Waals surface area contributed by atoms with Crippen LogP contribution in [0.3, 0.4) is 0 Å². The molecular weight excluding hydrogens is 584 g/mol. The van der Waals surface area contributed by atoms with Crippen LogP contribution in [0.2, 0.25) is 0 Å². The predicted octanol–water partition coefficient (Wildman–Crippen LogP) is 3.88. The number of amides is 1. The number of carbonyl (C=O) groups excluding carboxylic acids is 1. The summed E-state index contributed by atoms with van der Waals surface area (Å²) in [6.45, 7) is 0.846. The first-order chi connectivity index (χ1) is 22.4. The summed E-state index contributed by atoms with van der Waals surface area (Å²) in [6.07, 6.45) is -3.03. The summed E-state index contributed by atoms with van der Waals surface area (Å²) in [5.41, 5.74) is 14.9. The molecule has 242 valence electrons. The number of benzene rings is 4. The lowest BCUT2D eigenvalue weighted by Gasteiger charge is -2.44. The third-order valence-corrected chi connectivity index (χ3v) is 7.92. The summed E-state index contributed by atoms with van der Waals surface area (Å²) in [6, 6.07) is 31.5. The summed E-state index contributed by atoms with van der Waals surface area (Å²) in [5, 5.41) is 16.6. The number of hydrogen-bond donors (Lipinski definition) is 4.